The first-order chi connectivity index (χ1) is 55.1. The summed E-state index contributed by atoms with van der Waals surface area (Å²) in [5.41, 5.74) is 13.1. The molecule has 0 spiro atoms. The standard InChI is InChI=1S/C85H119N13O18/c1-82(2,3)114-78(106)87-41-25-19-13-16-22-28-70(99)90-57-32-36-61-65(51-57)85(40-39-73(102)95(10)44-45-110-46-47-111-48-49-112-97(12)76(104)69-54-60(93-94-86)55-98(69)75(103)56-31-35-64-68(50-56)96(11)81(109)113-77(64)105)66-52-58(91-71(100)29-23-17-14-20-26-42-88-79(107)115-83(4,5)6)33-37-62(66)74(61)63-38-34-59(53-67(63)85)92-72(101)30-24-18-15-21-27-43-89-80(108)116-84(7,8)9/h31-38,50-53,60,69,74H,13-30,39-49,54-55H2,1-12H3,(H,87,106)(H,88,107)(H,89,108)(H,90,99)(H,91,100)(H,92,101). The number of alkyl carbamates (subject to hydrolysis) is 3. The van der Waals surface area contributed by atoms with Gasteiger partial charge in [-0.15, -0.1) is 0 Å². The molecule has 3 aliphatic carbocycles. The van der Waals surface area contributed by atoms with E-state index in [1.54, 1.807) is 11.9 Å². The summed E-state index contributed by atoms with van der Waals surface area (Å²) in [7, 11) is 4.50. The number of fused-ring (bicyclic) bond motifs is 1. The number of likely N-dealkylation sites (tertiary alicyclic amines) is 1. The first-order valence-electron chi connectivity index (χ1n) is 40.7. The van der Waals surface area contributed by atoms with Crippen LogP contribution in [0.5, 0.6) is 0 Å². The molecule has 2 atom stereocenters. The van der Waals surface area contributed by atoms with E-state index in [1.165, 1.54) is 37.2 Å². The van der Waals surface area contributed by atoms with Crippen LogP contribution in [0.1, 0.15) is 247 Å². The molecule has 31 nitrogen and oxygen atoms in total. The molecule has 4 aromatic carbocycles. The van der Waals surface area contributed by atoms with Crippen molar-refractivity contribution in [1.29, 1.82) is 0 Å². The molecule has 4 aliphatic rings. The highest BCUT2D eigenvalue weighted by Crippen LogP contribution is 2.62. The molecular weight excluding hydrogens is 1490 g/mol. The highest BCUT2D eigenvalue weighted by atomic mass is 16.7. The lowest BCUT2D eigenvalue weighted by Crippen LogP contribution is -2.46. The second-order valence-corrected chi connectivity index (χ2v) is 33.0. The van der Waals surface area contributed by atoms with E-state index in [9.17, 15) is 58.3 Å². The Morgan fingerprint density at radius 2 is 0.974 bits per heavy atom. The zero-order chi connectivity index (χ0) is 84.3. The second-order valence-electron chi connectivity index (χ2n) is 33.0. The number of rotatable bonds is 43. The number of hydrogen-bond acceptors (Lipinski definition) is 19. The number of unbranched alkanes of at least 4 members (excludes halogenated alkanes) is 12. The maximum Gasteiger partial charge on any atom is 0.422 e. The van der Waals surface area contributed by atoms with Crippen molar-refractivity contribution in [3.63, 3.8) is 0 Å². The van der Waals surface area contributed by atoms with Crippen molar-refractivity contribution in [1.82, 2.24) is 35.4 Å². The molecule has 2 bridgehead atoms. The average molecular weight is 1610 g/mol. The van der Waals surface area contributed by atoms with Crippen molar-refractivity contribution in [2.45, 2.75) is 237 Å². The maximum absolute atomic E-state index is 14.8. The number of nitrogens with one attached hydrogen (secondary N) is 6. The molecule has 5 aromatic rings. The van der Waals surface area contributed by atoms with Gasteiger partial charge < -0.3 is 69.8 Å². The monoisotopic (exact) mass is 1610 g/mol. The lowest BCUT2D eigenvalue weighted by molar-refractivity contribution is -0.186. The first-order valence-corrected chi connectivity index (χ1v) is 40.7. The Bertz CT molecular complexity index is 4170. The summed E-state index contributed by atoms with van der Waals surface area (Å²) in [4.78, 5) is 157. The van der Waals surface area contributed by atoms with E-state index < -0.39 is 75.8 Å². The number of carbonyl (C=O) groups excluding carboxylic acids is 9. The van der Waals surface area contributed by atoms with Crippen molar-refractivity contribution in [3.05, 3.63) is 143 Å². The van der Waals surface area contributed by atoms with Gasteiger partial charge in [0.15, 0.2) is 0 Å². The summed E-state index contributed by atoms with van der Waals surface area (Å²) < 4.78 is 33.6. The number of hydrogen-bond donors (Lipinski definition) is 6. The zero-order valence-corrected chi connectivity index (χ0v) is 69.6. The first kappa shape index (κ1) is 91.2. The van der Waals surface area contributed by atoms with Gasteiger partial charge in [-0.2, -0.15) is 0 Å². The summed E-state index contributed by atoms with van der Waals surface area (Å²) in [6.07, 6.45) is 11.7. The maximum atomic E-state index is 14.8. The third kappa shape index (κ3) is 27.1. The smallest absolute Gasteiger partial charge is 0.422 e. The van der Waals surface area contributed by atoms with E-state index in [0.717, 1.165) is 120 Å². The minimum Gasteiger partial charge on any atom is -0.444 e. The normalized spacial score (nSPS) is 15.9. The largest absolute Gasteiger partial charge is 0.444 e. The lowest BCUT2D eigenvalue weighted by atomic mass is 9.51. The fraction of sp³-hybridized carbons (Fsp3) is 0.588. The van der Waals surface area contributed by atoms with Crippen LogP contribution in [0.2, 0.25) is 0 Å². The highest BCUT2D eigenvalue weighted by Gasteiger charge is 2.52. The molecule has 2 unspecified atom stereocenters. The van der Waals surface area contributed by atoms with Gasteiger partial charge in [0, 0.05) is 118 Å². The number of amides is 9. The van der Waals surface area contributed by atoms with Crippen LogP contribution in [0.3, 0.4) is 0 Å². The van der Waals surface area contributed by atoms with Crippen LogP contribution >= 0.6 is 0 Å². The molecule has 6 N–H and O–H groups in total. The number of likely N-dealkylation sites (N-methyl/N-ethyl adjacent to an activating group) is 2. The van der Waals surface area contributed by atoms with Crippen LogP contribution in [0.25, 0.3) is 21.3 Å². The number of benzene rings is 4. The van der Waals surface area contributed by atoms with Crippen molar-refractivity contribution < 1.29 is 76.1 Å². The van der Waals surface area contributed by atoms with Crippen molar-refractivity contribution in [2.24, 2.45) is 12.2 Å². The molecule has 9 amide bonds. The third-order valence-electron chi connectivity index (χ3n) is 20.3. The van der Waals surface area contributed by atoms with Crippen LogP contribution in [0.4, 0.5) is 31.4 Å². The molecule has 116 heavy (non-hydrogen) atoms. The second kappa shape index (κ2) is 43.0. The number of carbonyl (C=O) groups is 9. The Labute approximate surface area is 678 Å². The van der Waals surface area contributed by atoms with Crippen LogP contribution in [-0.4, -0.2) is 182 Å². The molecule has 1 aromatic heterocycles. The number of hydroxylamine groups is 2. The predicted octanol–water partition coefficient (Wildman–Crippen LogP) is 13.3. The van der Waals surface area contributed by atoms with Crippen LogP contribution < -0.4 is 43.3 Å². The van der Waals surface area contributed by atoms with Gasteiger partial charge in [0.25, 0.3) is 11.8 Å². The number of anilines is 3. The summed E-state index contributed by atoms with van der Waals surface area (Å²) in [5.74, 6) is -3.06. The van der Waals surface area contributed by atoms with E-state index in [2.05, 4.69) is 60.1 Å². The highest BCUT2D eigenvalue weighted by molar-refractivity contribution is 6.01. The SMILES string of the molecule is CN(CCOCCOCCON(C)C(=O)C1CC(N=[N+]=[N-])CN1C(=O)c1ccc2c(=O)oc(=O)n(C)c2c1)C(=O)CCC12c3cc(NC(=O)CCCCCCCNC(=O)OC(C)(C)C)ccc3C(c3ccc(NC(=O)CCCCCCCNC(=O)OC(C)(C)C)cc31)c1ccc(NC(=O)CCCCCCCNC(=O)OC(C)(C)C)cc12. The van der Waals surface area contributed by atoms with Gasteiger partial charge in [-0.1, -0.05) is 81.1 Å². The number of nitrogens with zero attached hydrogens (tertiary/aromatic N) is 7. The number of aryl methyl sites for hydroxylation is 1. The zero-order valence-electron chi connectivity index (χ0n) is 69.6. The summed E-state index contributed by atoms with van der Waals surface area (Å²) in [5, 5.41) is 22.8. The Morgan fingerprint density at radius 1 is 0.552 bits per heavy atom. The van der Waals surface area contributed by atoms with Gasteiger partial charge in [0.1, 0.15) is 22.8 Å². The molecule has 632 valence electrons. The molecule has 1 saturated heterocycles. The fourth-order valence-electron chi connectivity index (χ4n) is 14.8. The van der Waals surface area contributed by atoms with E-state index in [-0.39, 0.29) is 131 Å². The van der Waals surface area contributed by atoms with Crippen LogP contribution in [0, 0.1) is 0 Å². The molecule has 2 heterocycles. The van der Waals surface area contributed by atoms with Crippen LogP contribution in [0.15, 0.2) is 91.9 Å². The lowest BCUT2D eigenvalue weighted by Gasteiger charge is -2.51. The van der Waals surface area contributed by atoms with Crippen molar-refractivity contribution in [2.75, 3.05) is 95.8 Å². The van der Waals surface area contributed by atoms with Gasteiger partial charge in [-0.25, -0.2) is 29.0 Å². The third-order valence-corrected chi connectivity index (χ3v) is 20.3. The number of ether oxygens (including phenoxy) is 5. The Kier molecular flexibility index (Phi) is 33.8. The van der Waals surface area contributed by atoms with E-state index >= 15 is 0 Å². The van der Waals surface area contributed by atoms with Gasteiger partial charge in [-0.05, 0) is 207 Å². The molecular formula is C85H119N13O18. The predicted molar refractivity (Wildman–Crippen MR) is 439 cm³/mol. The molecule has 1 fully saturated rings. The van der Waals surface area contributed by atoms with E-state index in [1.807, 2.05) is 98.7 Å². The van der Waals surface area contributed by atoms with Gasteiger partial charge in [0.05, 0.1) is 50.0 Å². The van der Waals surface area contributed by atoms with Gasteiger partial charge >= 0.3 is 29.7 Å². The van der Waals surface area contributed by atoms with Crippen LogP contribution in [-0.2, 0) is 65.0 Å². The topological polar surface area (TPSA) is 392 Å². The quantitative estimate of drug-likeness (QED) is 0.00527. The molecule has 0 saturated carbocycles. The molecule has 1 aliphatic heterocycles. The molecule has 31 heteroatoms. The average Bonchev–Trinajstić information content (AvgIpc) is 0.757. The minimum atomic E-state index is -1.08. The molecule has 0 radical (unpaired) electrons. The minimum absolute atomic E-state index is 0.0139. The van der Waals surface area contributed by atoms with Crippen molar-refractivity contribution in [3.8, 4) is 0 Å². The Balaban J connectivity index is 0.935. The van der Waals surface area contributed by atoms with Gasteiger partial charge in [0.2, 0.25) is 23.6 Å². The van der Waals surface area contributed by atoms with Gasteiger partial charge in [-0.3, -0.25) is 38.2 Å². The number of aromatic nitrogens is 1. The summed E-state index contributed by atoms with van der Waals surface area (Å²) >= 11 is 0. The Hall–Kier alpha value is -10.4. The van der Waals surface area contributed by atoms with E-state index in [4.69, 9.17) is 32.9 Å². The van der Waals surface area contributed by atoms with Crippen molar-refractivity contribution >= 4 is 81.7 Å². The molecule has 9 rings (SSSR count). The summed E-state index contributed by atoms with van der Waals surface area (Å²) in [6.45, 7) is 18.4. The fourth-order valence-corrected chi connectivity index (χ4v) is 14.8. The van der Waals surface area contributed by atoms with E-state index in [0.29, 0.717) is 56.0 Å². The summed E-state index contributed by atoms with van der Waals surface area (Å²) in [6, 6.07) is 20.3. The Morgan fingerprint density at radius 3 is 1.41 bits per heavy atom. The number of azide groups is 1.